The standard InChI is InChI=1S/C19H15FO5/c1-23-17-13-8-9-25-18(13)19(24-2)16(22)15(17)14(21)7-6-11-4-3-5-12(20)10-11/h3-10,22H,1-2H3. The number of fused-ring (bicyclic) bond motifs is 1. The predicted octanol–water partition coefficient (Wildman–Crippen LogP) is 4.19. The molecule has 0 saturated heterocycles. The van der Waals surface area contributed by atoms with E-state index in [1.54, 1.807) is 12.1 Å². The van der Waals surface area contributed by atoms with Crippen LogP contribution in [0.25, 0.3) is 17.0 Å². The first-order valence-electron chi connectivity index (χ1n) is 7.39. The van der Waals surface area contributed by atoms with Crippen LogP contribution in [0.15, 0.2) is 47.1 Å². The Hall–Kier alpha value is -3.28. The van der Waals surface area contributed by atoms with Crippen LogP contribution in [-0.4, -0.2) is 25.1 Å². The van der Waals surface area contributed by atoms with Gasteiger partial charge in [-0.1, -0.05) is 18.2 Å². The molecular weight excluding hydrogens is 327 g/mol. The van der Waals surface area contributed by atoms with Gasteiger partial charge in [0, 0.05) is 0 Å². The first-order chi connectivity index (χ1) is 12.1. The van der Waals surface area contributed by atoms with Crippen LogP contribution in [0.2, 0.25) is 0 Å². The van der Waals surface area contributed by atoms with Gasteiger partial charge in [0.2, 0.25) is 5.75 Å². The molecule has 5 nitrogen and oxygen atoms in total. The van der Waals surface area contributed by atoms with E-state index in [0.717, 1.165) is 0 Å². The average molecular weight is 342 g/mol. The second kappa shape index (κ2) is 6.68. The van der Waals surface area contributed by atoms with Gasteiger partial charge in [-0.05, 0) is 29.8 Å². The third-order valence-corrected chi connectivity index (χ3v) is 3.73. The SMILES string of the molecule is COc1c(C(=O)C=Cc2cccc(F)c2)c(O)c(OC)c2occc12. The maximum absolute atomic E-state index is 13.2. The molecule has 0 aliphatic rings. The molecule has 0 unspecified atom stereocenters. The van der Waals surface area contributed by atoms with Crippen molar-refractivity contribution in [2.45, 2.75) is 0 Å². The number of carbonyl (C=O) groups is 1. The van der Waals surface area contributed by atoms with Crippen molar-refractivity contribution in [2.24, 2.45) is 0 Å². The average Bonchev–Trinajstić information content (AvgIpc) is 3.08. The van der Waals surface area contributed by atoms with Crippen LogP contribution in [0.4, 0.5) is 4.39 Å². The number of hydrogen-bond acceptors (Lipinski definition) is 5. The molecule has 1 aromatic heterocycles. The Morgan fingerprint density at radius 3 is 2.64 bits per heavy atom. The number of halogens is 1. The van der Waals surface area contributed by atoms with Crippen LogP contribution in [0.5, 0.6) is 17.2 Å². The van der Waals surface area contributed by atoms with Gasteiger partial charge in [0.1, 0.15) is 17.1 Å². The van der Waals surface area contributed by atoms with Gasteiger partial charge in [-0.15, -0.1) is 0 Å². The second-order valence-corrected chi connectivity index (χ2v) is 5.21. The van der Waals surface area contributed by atoms with Crippen LogP contribution in [0.3, 0.4) is 0 Å². The van der Waals surface area contributed by atoms with Crippen molar-refractivity contribution >= 4 is 22.8 Å². The molecule has 3 aromatic rings. The molecule has 1 heterocycles. The van der Waals surface area contributed by atoms with Crippen molar-refractivity contribution < 1.29 is 28.2 Å². The van der Waals surface area contributed by atoms with E-state index in [2.05, 4.69) is 0 Å². The molecule has 6 heteroatoms. The summed E-state index contributed by atoms with van der Waals surface area (Å²) >= 11 is 0. The highest BCUT2D eigenvalue weighted by Gasteiger charge is 2.26. The van der Waals surface area contributed by atoms with Crippen LogP contribution >= 0.6 is 0 Å². The third-order valence-electron chi connectivity index (χ3n) is 3.73. The highest BCUT2D eigenvalue weighted by Crippen LogP contribution is 2.45. The fraction of sp³-hybridized carbons (Fsp3) is 0.105. The van der Waals surface area contributed by atoms with E-state index in [0.29, 0.717) is 10.9 Å². The molecule has 0 radical (unpaired) electrons. The van der Waals surface area contributed by atoms with Crippen LogP contribution in [0.1, 0.15) is 15.9 Å². The van der Waals surface area contributed by atoms with Gasteiger partial charge in [0.15, 0.2) is 17.1 Å². The Morgan fingerprint density at radius 2 is 1.96 bits per heavy atom. The monoisotopic (exact) mass is 342 g/mol. The highest BCUT2D eigenvalue weighted by molar-refractivity contribution is 6.15. The summed E-state index contributed by atoms with van der Waals surface area (Å²) in [6, 6.07) is 7.41. The normalized spacial score (nSPS) is 11.2. The summed E-state index contributed by atoms with van der Waals surface area (Å²) in [5.41, 5.74) is 0.742. The summed E-state index contributed by atoms with van der Waals surface area (Å²) in [5, 5.41) is 10.9. The Balaban J connectivity index is 2.10. The molecule has 0 bridgehead atoms. The summed E-state index contributed by atoms with van der Waals surface area (Å²) in [4.78, 5) is 12.6. The zero-order valence-corrected chi connectivity index (χ0v) is 13.6. The predicted molar refractivity (Wildman–Crippen MR) is 90.7 cm³/mol. The number of carbonyl (C=O) groups excluding carboxylic acids is 1. The van der Waals surface area contributed by atoms with Crippen LogP contribution in [0, 0.1) is 5.82 Å². The number of furan rings is 1. The lowest BCUT2D eigenvalue weighted by Crippen LogP contribution is -2.02. The van der Waals surface area contributed by atoms with Crippen LogP contribution < -0.4 is 9.47 Å². The van der Waals surface area contributed by atoms with Crippen molar-refractivity contribution in [1.29, 1.82) is 0 Å². The molecular formula is C19H15FO5. The first kappa shape index (κ1) is 16.6. The number of phenols is 1. The Kier molecular flexibility index (Phi) is 4.43. The molecule has 128 valence electrons. The summed E-state index contributed by atoms with van der Waals surface area (Å²) < 4.78 is 29.0. The van der Waals surface area contributed by atoms with Crippen molar-refractivity contribution in [3.63, 3.8) is 0 Å². The Bertz CT molecular complexity index is 971. The highest BCUT2D eigenvalue weighted by atomic mass is 19.1. The molecule has 0 atom stereocenters. The van der Waals surface area contributed by atoms with Crippen molar-refractivity contribution in [2.75, 3.05) is 14.2 Å². The first-order valence-corrected chi connectivity index (χ1v) is 7.39. The van der Waals surface area contributed by atoms with E-state index in [4.69, 9.17) is 13.9 Å². The summed E-state index contributed by atoms with van der Waals surface area (Å²) in [6.07, 6.45) is 4.10. The van der Waals surface area contributed by atoms with Gasteiger partial charge in [-0.3, -0.25) is 4.79 Å². The third kappa shape index (κ3) is 2.94. The number of phenolic OH excluding ortho intramolecular Hbond substituents is 1. The van der Waals surface area contributed by atoms with Gasteiger partial charge in [-0.2, -0.15) is 0 Å². The van der Waals surface area contributed by atoms with Gasteiger partial charge in [-0.25, -0.2) is 4.39 Å². The minimum absolute atomic E-state index is 0.0447. The summed E-state index contributed by atoms with van der Waals surface area (Å²) in [7, 11) is 2.75. The van der Waals surface area contributed by atoms with Crippen molar-refractivity contribution in [3.8, 4) is 17.2 Å². The van der Waals surface area contributed by atoms with E-state index >= 15 is 0 Å². The van der Waals surface area contributed by atoms with E-state index in [9.17, 15) is 14.3 Å². The van der Waals surface area contributed by atoms with E-state index in [1.165, 1.54) is 50.8 Å². The topological polar surface area (TPSA) is 68.9 Å². The summed E-state index contributed by atoms with van der Waals surface area (Å²) in [6.45, 7) is 0. The molecule has 0 amide bonds. The van der Waals surface area contributed by atoms with Gasteiger partial charge in [0.25, 0.3) is 0 Å². The van der Waals surface area contributed by atoms with Gasteiger partial charge in [0.05, 0.1) is 25.9 Å². The zero-order chi connectivity index (χ0) is 18.0. The quantitative estimate of drug-likeness (QED) is 0.556. The minimum Gasteiger partial charge on any atom is -0.504 e. The molecule has 0 spiro atoms. The zero-order valence-electron chi connectivity index (χ0n) is 13.6. The Labute approximate surface area is 142 Å². The fourth-order valence-electron chi connectivity index (χ4n) is 2.62. The number of methoxy groups -OCH3 is 2. The largest absolute Gasteiger partial charge is 0.504 e. The van der Waals surface area contributed by atoms with E-state index in [1.807, 2.05) is 0 Å². The second-order valence-electron chi connectivity index (χ2n) is 5.21. The molecule has 0 fully saturated rings. The maximum atomic E-state index is 13.2. The van der Waals surface area contributed by atoms with Crippen LogP contribution in [-0.2, 0) is 0 Å². The summed E-state index contributed by atoms with van der Waals surface area (Å²) in [5.74, 6) is -1.08. The lowest BCUT2D eigenvalue weighted by Gasteiger charge is -2.13. The molecule has 3 rings (SSSR count). The number of benzene rings is 2. The van der Waals surface area contributed by atoms with E-state index < -0.39 is 11.6 Å². The smallest absolute Gasteiger partial charge is 0.205 e. The molecule has 0 aliphatic heterocycles. The fourth-order valence-corrected chi connectivity index (χ4v) is 2.62. The molecule has 0 saturated carbocycles. The molecule has 0 aliphatic carbocycles. The van der Waals surface area contributed by atoms with Gasteiger partial charge < -0.3 is 19.0 Å². The number of rotatable bonds is 5. The van der Waals surface area contributed by atoms with Gasteiger partial charge >= 0.3 is 0 Å². The number of aromatic hydroxyl groups is 1. The molecule has 25 heavy (non-hydrogen) atoms. The van der Waals surface area contributed by atoms with Crippen molar-refractivity contribution in [3.05, 3.63) is 59.6 Å². The lowest BCUT2D eigenvalue weighted by atomic mass is 10.0. The minimum atomic E-state index is -0.514. The number of ketones is 1. The number of ether oxygens (including phenoxy) is 2. The lowest BCUT2D eigenvalue weighted by molar-refractivity contribution is 0.104. The molecule has 2 aromatic carbocycles. The van der Waals surface area contributed by atoms with Crippen molar-refractivity contribution in [1.82, 2.24) is 0 Å². The van der Waals surface area contributed by atoms with E-state index in [-0.39, 0.29) is 28.4 Å². The number of allylic oxidation sites excluding steroid dienone is 1. The number of hydrogen-bond donors (Lipinski definition) is 1. The maximum Gasteiger partial charge on any atom is 0.205 e. The molecule has 1 N–H and O–H groups in total. The Morgan fingerprint density at radius 1 is 1.20 bits per heavy atom.